The smallest absolute Gasteiger partial charge is 0.261 e. The second-order valence-corrected chi connectivity index (χ2v) is 46.8. The predicted molar refractivity (Wildman–Crippen MR) is 424 cm³/mol. The SMILES string of the molecule is C=C1CCC2[C@H](O)C([C@@]3(C)CC[C@H](O)C[C@@H]3CCO)CC[C@]12C.C=C1CCC2[C@H](O)C([C@@]3(C)CC[C@H](O)C[C@@H]3CCO[Si](c3ccccc3)(c3ccccc3)C(C)(C)C)CC[C@]12C.CC(C)(C)[Si](OCC[C@H]1C[C@@H](O)CC[C@]1(C)C1CC[C@]2(C)C(=O)CCC2[C@@H]1O)(c1ccccc1)c1ccccc1. The van der Waals surface area contributed by atoms with Crippen LogP contribution in [0.3, 0.4) is 0 Å². The number of carbonyl (C=O) groups is 1. The molecule has 0 bridgehead atoms. The Kier molecular flexibility index (Phi) is 24.6. The van der Waals surface area contributed by atoms with E-state index in [1.54, 1.807) is 0 Å². The van der Waals surface area contributed by atoms with Crippen molar-refractivity contribution < 1.29 is 49.4 Å². The molecule has 12 heteroatoms. The third-order valence-electron chi connectivity index (χ3n) is 31.2. The fourth-order valence-electron chi connectivity index (χ4n) is 24.4. The summed E-state index contributed by atoms with van der Waals surface area (Å²) in [6.45, 7) is 37.9. The lowest BCUT2D eigenvalue weighted by atomic mass is 9.51. The summed E-state index contributed by atoms with van der Waals surface area (Å²) >= 11 is 0. The summed E-state index contributed by atoms with van der Waals surface area (Å²) in [5, 5.41) is 81.1. The Hall–Kier alpha value is -3.90. The van der Waals surface area contributed by atoms with E-state index >= 15 is 0 Å². The van der Waals surface area contributed by atoms with Crippen LogP contribution < -0.4 is 20.7 Å². The number of fused-ring (bicyclic) bond motifs is 3. The third-order valence-corrected chi connectivity index (χ3v) is 41.3. The van der Waals surface area contributed by atoms with Crippen molar-refractivity contribution in [3.8, 4) is 0 Å². The first-order valence-electron chi connectivity index (χ1n) is 40.8. The van der Waals surface area contributed by atoms with Crippen LogP contribution in [0.15, 0.2) is 146 Å². The van der Waals surface area contributed by atoms with Crippen LogP contribution >= 0.6 is 0 Å². The molecule has 10 nitrogen and oxygen atoms in total. The molecule has 0 radical (unpaired) electrons. The first-order chi connectivity index (χ1) is 48.7. The Labute approximate surface area is 624 Å². The van der Waals surface area contributed by atoms with Crippen LogP contribution in [-0.4, -0.2) is 115 Å². The van der Waals surface area contributed by atoms with Crippen LogP contribution in [0.4, 0.5) is 0 Å². The summed E-state index contributed by atoms with van der Waals surface area (Å²) in [4.78, 5) is 12.7. The van der Waals surface area contributed by atoms with Gasteiger partial charge in [0.1, 0.15) is 5.78 Å². The molecule has 0 heterocycles. The Bertz CT molecular complexity index is 3200. The second kappa shape index (κ2) is 31.6. The molecule has 0 spiro atoms. The van der Waals surface area contributed by atoms with E-state index in [9.17, 15) is 40.5 Å². The molecule has 9 aliphatic carbocycles. The van der Waals surface area contributed by atoms with E-state index in [2.05, 4.69) is 218 Å². The molecule has 9 fully saturated rings. The van der Waals surface area contributed by atoms with Gasteiger partial charge in [0.05, 0.1) is 36.6 Å². The van der Waals surface area contributed by atoms with E-state index in [0.29, 0.717) is 49.1 Å². The molecule has 103 heavy (non-hydrogen) atoms. The molecule has 6 unspecified atom stereocenters. The van der Waals surface area contributed by atoms with Crippen molar-refractivity contribution in [3.05, 3.63) is 146 Å². The van der Waals surface area contributed by atoms with Crippen LogP contribution in [0.2, 0.25) is 10.1 Å². The number of aliphatic hydroxyl groups is 7. The van der Waals surface area contributed by atoms with E-state index in [-0.39, 0.29) is 109 Å². The standard InChI is InChI=1S/C36H52O3Si.C35H50O4Si.C20H34O3/c1-26-17-18-31-33(38)32(20-23-35(26,31)5)36(6)22-19-28(37)25-27(36)21-24-39-40(34(2,3)4,29-13-9-7-10-14-29)30-15-11-8-12-16-30;1-33(2,3)40(27-12-8-6-9-13-27,28-14-10-7-11-15-28)39-23-20-25-24-26(36)18-21-34(25,4)30-19-22-35(5)29(32(30)38)16-17-31(35)37;1-13-4-5-16-18(23)17(7-10-19(13,16)2)20(3)9-6-15(22)12-14(20)8-11-21/h7-16,27-28,31-33,37-38H,1,17-25H2,2-6H3;6-15,25-26,29-30,32,36,38H,16-24H2,1-5H3;14-18,21-23H,1,4-12H2,2-3H3/t27-,28-,31?,32?,33-,35+,36-;25-,26-,29?,30?,32-,34-,35-;14-,15-,16?,17?,18-,19+,20-/m000/s1. The van der Waals surface area contributed by atoms with Gasteiger partial charge in [0, 0.05) is 31.7 Å². The largest absolute Gasteiger partial charge is 0.407 e. The monoisotopic (exact) mass is 1440 g/mol. The molecular weight excluding hydrogens is 1310 g/mol. The first kappa shape index (κ1) is 80.1. The minimum absolute atomic E-state index is 0.00129. The normalized spacial score (nSPS) is 38.5. The molecule has 9 saturated carbocycles. The summed E-state index contributed by atoms with van der Waals surface area (Å²) in [6.07, 6.45) is 20.1. The van der Waals surface area contributed by atoms with Crippen molar-refractivity contribution in [1.29, 1.82) is 0 Å². The Morgan fingerprint density at radius 2 is 0.670 bits per heavy atom. The van der Waals surface area contributed by atoms with Crippen LogP contribution in [0.25, 0.3) is 0 Å². The summed E-state index contributed by atoms with van der Waals surface area (Å²) < 4.78 is 14.6. The van der Waals surface area contributed by atoms with Gasteiger partial charge in [-0.25, -0.2) is 0 Å². The van der Waals surface area contributed by atoms with Gasteiger partial charge in [0.15, 0.2) is 0 Å². The van der Waals surface area contributed by atoms with E-state index in [0.717, 1.165) is 148 Å². The van der Waals surface area contributed by atoms with Crippen molar-refractivity contribution in [3.63, 3.8) is 0 Å². The zero-order valence-electron chi connectivity index (χ0n) is 65.6. The van der Waals surface area contributed by atoms with Gasteiger partial charge < -0.3 is 44.6 Å². The lowest BCUT2D eigenvalue weighted by Gasteiger charge is -2.55. The Morgan fingerprint density at radius 3 is 0.971 bits per heavy atom. The maximum atomic E-state index is 12.7. The first-order valence-corrected chi connectivity index (χ1v) is 44.6. The van der Waals surface area contributed by atoms with E-state index in [1.807, 2.05) is 0 Å². The van der Waals surface area contributed by atoms with Gasteiger partial charge in [-0.05, 0) is 259 Å². The highest BCUT2D eigenvalue weighted by atomic mass is 28.4. The predicted octanol–water partition coefficient (Wildman–Crippen LogP) is 16.0. The molecular formula is C91H136O10Si2. The lowest BCUT2D eigenvalue weighted by Crippen LogP contribution is -2.66. The third kappa shape index (κ3) is 15.0. The van der Waals surface area contributed by atoms with Gasteiger partial charge in [-0.1, -0.05) is 229 Å². The zero-order chi connectivity index (χ0) is 74.3. The number of aliphatic hydroxyl groups excluding tert-OH is 7. The molecule has 568 valence electrons. The van der Waals surface area contributed by atoms with Gasteiger partial charge in [-0.3, -0.25) is 4.79 Å². The highest BCUT2D eigenvalue weighted by molar-refractivity contribution is 7.00. The van der Waals surface area contributed by atoms with Gasteiger partial charge in [-0.2, -0.15) is 0 Å². The number of benzene rings is 4. The fourth-order valence-corrected chi connectivity index (χ4v) is 33.6. The quantitative estimate of drug-likeness (QED) is 0.0398. The van der Waals surface area contributed by atoms with Gasteiger partial charge >= 0.3 is 0 Å². The van der Waals surface area contributed by atoms with E-state index in [1.165, 1.54) is 31.9 Å². The average molecular weight is 1450 g/mol. The summed E-state index contributed by atoms with van der Waals surface area (Å²) in [7, 11) is -5.24. The molecule has 0 aliphatic heterocycles. The number of Topliss-reactive ketones (excluding diaryl/α,β-unsaturated/α-hetero) is 1. The van der Waals surface area contributed by atoms with Crippen molar-refractivity contribution in [2.24, 2.45) is 85.8 Å². The number of hydrogen-bond donors (Lipinski definition) is 7. The highest BCUT2D eigenvalue weighted by Crippen LogP contribution is 2.65. The molecule has 21 atom stereocenters. The van der Waals surface area contributed by atoms with Crippen LogP contribution in [0.1, 0.15) is 237 Å². The van der Waals surface area contributed by atoms with Crippen molar-refractivity contribution in [1.82, 2.24) is 0 Å². The van der Waals surface area contributed by atoms with Crippen molar-refractivity contribution in [2.75, 3.05) is 19.8 Å². The minimum atomic E-state index is -2.63. The summed E-state index contributed by atoms with van der Waals surface area (Å²) in [5.74, 6) is 2.66. The highest BCUT2D eigenvalue weighted by Gasteiger charge is 2.62. The second-order valence-electron chi connectivity index (χ2n) is 38.2. The molecule has 0 saturated heterocycles. The maximum absolute atomic E-state index is 12.7. The van der Waals surface area contributed by atoms with Gasteiger partial charge in [0.25, 0.3) is 16.6 Å². The van der Waals surface area contributed by atoms with Gasteiger partial charge in [0.2, 0.25) is 0 Å². The maximum Gasteiger partial charge on any atom is 0.261 e. The number of carbonyl (C=O) groups excluding carboxylic acids is 1. The minimum Gasteiger partial charge on any atom is -0.407 e. The zero-order valence-corrected chi connectivity index (χ0v) is 67.6. The summed E-state index contributed by atoms with van der Waals surface area (Å²) in [6, 6.07) is 43.3. The molecule has 9 aliphatic rings. The molecule has 4 aromatic rings. The number of ketones is 1. The molecule has 0 amide bonds. The van der Waals surface area contributed by atoms with Crippen LogP contribution in [-0.2, 0) is 13.6 Å². The van der Waals surface area contributed by atoms with E-state index < -0.39 is 22.7 Å². The lowest BCUT2D eigenvalue weighted by molar-refractivity contribution is -0.145. The number of allylic oxidation sites excluding steroid dienone is 2. The van der Waals surface area contributed by atoms with Crippen LogP contribution in [0.5, 0.6) is 0 Å². The fraction of sp³-hybridized carbons (Fsp3) is 0.681. The average Bonchev–Trinajstić information content (AvgIpc) is 1.15. The number of hydrogen-bond acceptors (Lipinski definition) is 10. The molecule has 13 rings (SSSR count). The molecule has 4 aromatic carbocycles. The van der Waals surface area contributed by atoms with Crippen molar-refractivity contribution >= 4 is 43.2 Å². The topological polar surface area (TPSA) is 177 Å². The molecule has 7 N–H and O–H groups in total. The van der Waals surface area contributed by atoms with Crippen molar-refractivity contribution in [2.45, 2.75) is 284 Å². The Balaban J connectivity index is 0.000000161. The number of rotatable bonds is 17. The molecule has 0 aromatic heterocycles. The van der Waals surface area contributed by atoms with E-state index in [4.69, 9.17) is 8.85 Å². The van der Waals surface area contributed by atoms with Crippen LogP contribution in [0, 0.1) is 85.8 Å². The summed E-state index contributed by atoms with van der Waals surface area (Å²) in [5.41, 5.74) is 2.47. The Morgan fingerprint density at radius 1 is 0.388 bits per heavy atom. The van der Waals surface area contributed by atoms with Gasteiger partial charge in [-0.15, -0.1) is 0 Å².